The van der Waals surface area contributed by atoms with Crippen LogP contribution < -0.4 is 5.32 Å². The van der Waals surface area contributed by atoms with Gasteiger partial charge in [-0.3, -0.25) is 9.59 Å². The number of nitrogens with one attached hydrogen (secondary N) is 1. The smallest absolute Gasteiger partial charge is 0.229 e. The Morgan fingerprint density at radius 1 is 1.32 bits per heavy atom. The van der Waals surface area contributed by atoms with Crippen LogP contribution in [0, 0.1) is 5.92 Å². The Labute approximate surface area is 149 Å². The summed E-state index contributed by atoms with van der Waals surface area (Å²) in [6, 6.07) is 8.06. The Morgan fingerprint density at radius 3 is 2.80 bits per heavy atom. The zero-order valence-electron chi connectivity index (χ0n) is 15.2. The minimum absolute atomic E-state index is 0.0595. The predicted octanol–water partition coefficient (Wildman–Crippen LogP) is 3.34. The molecule has 1 heterocycles. The molecule has 1 N–H and O–H groups in total. The average Bonchev–Trinajstić information content (AvgIpc) is 3.22. The zero-order valence-corrected chi connectivity index (χ0v) is 15.2. The van der Waals surface area contributed by atoms with Gasteiger partial charge in [0.2, 0.25) is 11.8 Å². The summed E-state index contributed by atoms with van der Waals surface area (Å²) in [7, 11) is 0. The highest BCUT2D eigenvalue weighted by Gasteiger charge is 2.38. The highest BCUT2D eigenvalue weighted by molar-refractivity contribution is 5.97. The molecule has 1 aromatic rings. The number of carbonyl (C=O) groups is 2. The number of anilines is 1. The second-order valence-electron chi connectivity index (χ2n) is 7.43. The van der Waals surface area contributed by atoms with E-state index in [0.29, 0.717) is 25.6 Å². The summed E-state index contributed by atoms with van der Waals surface area (Å²) in [6.45, 7) is 5.09. The molecule has 136 valence electrons. The van der Waals surface area contributed by atoms with E-state index in [9.17, 15) is 9.59 Å². The van der Waals surface area contributed by atoms with Crippen molar-refractivity contribution >= 4 is 17.5 Å². The van der Waals surface area contributed by atoms with Gasteiger partial charge in [0.25, 0.3) is 0 Å². The highest BCUT2D eigenvalue weighted by atomic mass is 16.5. The number of ether oxygens (including phenoxy) is 1. The van der Waals surface area contributed by atoms with Gasteiger partial charge in [0.05, 0.1) is 18.6 Å². The molecule has 0 radical (unpaired) electrons. The molecule has 0 unspecified atom stereocenters. The molecule has 2 amide bonds. The largest absolute Gasteiger partial charge is 0.374 e. The fourth-order valence-corrected chi connectivity index (χ4v) is 3.72. The first-order chi connectivity index (χ1) is 12.0. The third kappa shape index (κ3) is 4.60. The number of amides is 2. The molecular weight excluding hydrogens is 316 g/mol. The van der Waals surface area contributed by atoms with Crippen molar-refractivity contribution in [3.05, 3.63) is 29.8 Å². The second-order valence-corrected chi connectivity index (χ2v) is 7.43. The lowest BCUT2D eigenvalue weighted by molar-refractivity contribution is -0.129. The molecule has 1 atom stereocenters. The van der Waals surface area contributed by atoms with Crippen molar-refractivity contribution in [2.45, 2.75) is 64.7 Å². The molecule has 0 spiro atoms. The van der Waals surface area contributed by atoms with Gasteiger partial charge >= 0.3 is 0 Å². The van der Waals surface area contributed by atoms with Crippen molar-refractivity contribution in [3.8, 4) is 0 Å². The maximum absolute atomic E-state index is 12.6. The van der Waals surface area contributed by atoms with Crippen molar-refractivity contribution in [3.63, 3.8) is 0 Å². The standard InChI is InChI=1S/C20H28N2O3/c1-14(2)25-13-15-6-5-7-17(10-15)21-20(24)16-11-19(23)22(12-16)18-8-3-4-9-18/h5-7,10,14,16,18H,3-4,8-9,11-13H2,1-2H3,(H,21,24)/t16-/m1/s1. The lowest BCUT2D eigenvalue weighted by Crippen LogP contribution is -2.35. The minimum atomic E-state index is -0.247. The molecule has 2 fully saturated rings. The number of carbonyl (C=O) groups excluding carboxylic acids is 2. The van der Waals surface area contributed by atoms with E-state index in [1.165, 1.54) is 12.8 Å². The summed E-state index contributed by atoms with van der Waals surface area (Å²) in [4.78, 5) is 26.8. The molecule has 5 nitrogen and oxygen atoms in total. The minimum Gasteiger partial charge on any atom is -0.374 e. The Morgan fingerprint density at radius 2 is 2.08 bits per heavy atom. The van der Waals surface area contributed by atoms with Gasteiger partial charge < -0.3 is 15.0 Å². The van der Waals surface area contributed by atoms with E-state index in [4.69, 9.17) is 4.74 Å². The summed E-state index contributed by atoms with van der Waals surface area (Å²) < 4.78 is 5.61. The molecular formula is C20H28N2O3. The van der Waals surface area contributed by atoms with Crippen LogP contribution in [0.2, 0.25) is 0 Å². The van der Waals surface area contributed by atoms with Crippen LogP contribution in [-0.2, 0) is 20.9 Å². The van der Waals surface area contributed by atoms with Crippen LogP contribution in [-0.4, -0.2) is 35.4 Å². The van der Waals surface area contributed by atoms with Gasteiger partial charge in [-0.15, -0.1) is 0 Å². The molecule has 1 aromatic carbocycles. The van der Waals surface area contributed by atoms with Crippen LogP contribution >= 0.6 is 0 Å². The van der Waals surface area contributed by atoms with Gasteiger partial charge in [-0.25, -0.2) is 0 Å². The van der Waals surface area contributed by atoms with Gasteiger partial charge in [0.1, 0.15) is 0 Å². The van der Waals surface area contributed by atoms with E-state index in [-0.39, 0.29) is 23.8 Å². The number of likely N-dealkylation sites (tertiary alicyclic amines) is 1. The van der Waals surface area contributed by atoms with Gasteiger partial charge in [-0.2, -0.15) is 0 Å². The predicted molar refractivity (Wildman–Crippen MR) is 97.1 cm³/mol. The molecule has 2 aliphatic rings. The number of nitrogens with zero attached hydrogens (tertiary/aromatic N) is 1. The third-order valence-corrected chi connectivity index (χ3v) is 5.07. The van der Waals surface area contributed by atoms with Crippen LogP contribution in [0.5, 0.6) is 0 Å². The first-order valence-electron chi connectivity index (χ1n) is 9.34. The summed E-state index contributed by atoms with van der Waals surface area (Å²) in [5.41, 5.74) is 1.79. The Hall–Kier alpha value is -1.88. The van der Waals surface area contributed by atoms with Crippen molar-refractivity contribution in [2.24, 2.45) is 5.92 Å². The molecule has 25 heavy (non-hydrogen) atoms. The number of hydrogen-bond acceptors (Lipinski definition) is 3. The van der Waals surface area contributed by atoms with Crippen LogP contribution in [0.3, 0.4) is 0 Å². The topological polar surface area (TPSA) is 58.6 Å². The van der Waals surface area contributed by atoms with E-state index in [1.54, 1.807) is 0 Å². The zero-order chi connectivity index (χ0) is 17.8. The van der Waals surface area contributed by atoms with E-state index in [0.717, 1.165) is 24.1 Å². The Kier molecular flexibility index (Phi) is 5.74. The van der Waals surface area contributed by atoms with Gasteiger partial charge in [0, 0.05) is 24.7 Å². The van der Waals surface area contributed by atoms with Gasteiger partial charge in [0.15, 0.2) is 0 Å². The molecule has 0 bridgehead atoms. The van der Waals surface area contributed by atoms with E-state index in [1.807, 2.05) is 43.0 Å². The van der Waals surface area contributed by atoms with Crippen LogP contribution in [0.25, 0.3) is 0 Å². The second kappa shape index (κ2) is 8.00. The number of rotatable bonds is 6. The van der Waals surface area contributed by atoms with Crippen molar-refractivity contribution in [1.82, 2.24) is 4.90 Å². The summed E-state index contributed by atoms with van der Waals surface area (Å²) in [5, 5.41) is 2.97. The summed E-state index contributed by atoms with van der Waals surface area (Å²) >= 11 is 0. The molecule has 1 aliphatic carbocycles. The molecule has 1 aliphatic heterocycles. The van der Waals surface area contributed by atoms with Crippen molar-refractivity contribution in [2.75, 3.05) is 11.9 Å². The molecule has 3 rings (SSSR count). The van der Waals surface area contributed by atoms with E-state index in [2.05, 4.69) is 5.32 Å². The molecule has 0 aromatic heterocycles. The van der Waals surface area contributed by atoms with E-state index < -0.39 is 0 Å². The van der Waals surface area contributed by atoms with E-state index >= 15 is 0 Å². The summed E-state index contributed by atoms with van der Waals surface area (Å²) in [5.74, 6) is -0.175. The van der Waals surface area contributed by atoms with Crippen molar-refractivity contribution in [1.29, 1.82) is 0 Å². The monoisotopic (exact) mass is 344 g/mol. The lowest BCUT2D eigenvalue weighted by atomic mass is 10.1. The normalized spacial score (nSPS) is 21.3. The first-order valence-corrected chi connectivity index (χ1v) is 9.34. The molecule has 1 saturated carbocycles. The average molecular weight is 344 g/mol. The molecule has 5 heteroatoms. The quantitative estimate of drug-likeness (QED) is 0.861. The Balaban J connectivity index is 1.57. The third-order valence-electron chi connectivity index (χ3n) is 5.07. The molecule has 1 saturated heterocycles. The van der Waals surface area contributed by atoms with Gasteiger partial charge in [-0.1, -0.05) is 25.0 Å². The van der Waals surface area contributed by atoms with Crippen LogP contribution in [0.4, 0.5) is 5.69 Å². The highest BCUT2D eigenvalue weighted by Crippen LogP contribution is 2.30. The number of benzene rings is 1. The Bertz CT molecular complexity index is 623. The van der Waals surface area contributed by atoms with Gasteiger partial charge in [-0.05, 0) is 44.4 Å². The number of hydrogen-bond donors (Lipinski definition) is 1. The van der Waals surface area contributed by atoms with Crippen molar-refractivity contribution < 1.29 is 14.3 Å². The maximum atomic E-state index is 12.6. The first kappa shape index (κ1) is 17.9. The van der Waals surface area contributed by atoms with Crippen LogP contribution in [0.1, 0.15) is 51.5 Å². The lowest BCUT2D eigenvalue weighted by Gasteiger charge is -2.23. The van der Waals surface area contributed by atoms with Crippen LogP contribution in [0.15, 0.2) is 24.3 Å². The SMILES string of the molecule is CC(C)OCc1cccc(NC(=O)[C@@H]2CC(=O)N(C3CCCC3)C2)c1. The fraction of sp³-hybridized carbons (Fsp3) is 0.600. The summed E-state index contributed by atoms with van der Waals surface area (Å²) in [6.07, 6.45) is 5.05. The fourth-order valence-electron chi connectivity index (χ4n) is 3.72. The maximum Gasteiger partial charge on any atom is 0.229 e.